The third-order valence-corrected chi connectivity index (χ3v) is 4.21. The highest BCUT2D eigenvalue weighted by atomic mass is 19.2. The van der Waals surface area contributed by atoms with Gasteiger partial charge < -0.3 is 10.5 Å². The number of ether oxygens (including phenoxy) is 1. The summed E-state index contributed by atoms with van der Waals surface area (Å²) in [5.41, 5.74) is 8.02. The van der Waals surface area contributed by atoms with Crippen LogP contribution in [0.25, 0.3) is 22.3 Å². The molecule has 0 saturated heterocycles. The van der Waals surface area contributed by atoms with Gasteiger partial charge in [-0.15, -0.1) is 0 Å². The molecule has 3 aromatic carbocycles. The van der Waals surface area contributed by atoms with E-state index in [4.69, 9.17) is 10.5 Å². The van der Waals surface area contributed by atoms with E-state index in [0.29, 0.717) is 5.56 Å². The summed E-state index contributed by atoms with van der Waals surface area (Å²) in [5.74, 6) is -2.61. The molecule has 0 fully saturated rings. The molecule has 5 heteroatoms. The first-order valence-corrected chi connectivity index (χ1v) is 7.95. The summed E-state index contributed by atoms with van der Waals surface area (Å²) in [6.45, 7) is 1.98. The van der Waals surface area contributed by atoms with Crippen molar-refractivity contribution in [3.8, 4) is 28.0 Å². The van der Waals surface area contributed by atoms with Crippen LogP contribution in [0.1, 0.15) is 15.9 Å². The Balaban J connectivity index is 2.03. The Morgan fingerprint density at radius 1 is 0.885 bits per heavy atom. The lowest BCUT2D eigenvalue weighted by atomic mass is 9.97. The van der Waals surface area contributed by atoms with Crippen molar-refractivity contribution in [2.75, 3.05) is 7.11 Å². The number of carbonyl (C=O) groups excluding carboxylic acids is 1. The van der Waals surface area contributed by atoms with E-state index in [0.717, 1.165) is 22.4 Å². The van der Waals surface area contributed by atoms with Crippen LogP contribution in [0, 0.1) is 18.6 Å². The van der Waals surface area contributed by atoms with Gasteiger partial charge in [0.1, 0.15) is 5.75 Å². The summed E-state index contributed by atoms with van der Waals surface area (Å²) < 4.78 is 33.7. The van der Waals surface area contributed by atoms with Gasteiger partial charge in [0.2, 0.25) is 0 Å². The third-order valence-electron chi connectivity index (χ3n) is 4.21. The second-order valence-corrected chi connectivity index (χ2v) is 5.93. The van der Waals surface area contributed by atoms with Gasteiger partial charge in [0, 0.05) is 11.1 Å². The van der Waals surface area contributed by atoms with Crippen LogP contribution >= 0.6 is 0 Å². The summed E-state index contributed by atoms with van der Waals surface area (Å²) in [4.78, 5) is 11.1. The second kappa shape index (κ2) is 6.96. The first-order valence-electron chi connectivity index (χ1n) is 7.95. The lowest BCUT2D eigenvalue weighted by Gasteiger charge is -2.11. The minimum atomic E-state index is -1.24. The minimum absolute atomic E-state index is 0.0651. The molecule has 0 radical (unpaired) electrons. The first-order chi connectivity index (χ1) is 12.4. The van der Waals surface area contributed by atoms with E-state index in [1.165, 1.54) is 12.1 Å². The Morgan fingerprint density at radius 2 is 1.50 bits per heavy atom. The molecule has 0 bridgehead atoms. The number of carbonyl (C=O) groups is 1. The standard InChI is InChI=1S/C21H17F2NO2/c1-12-3-10-18(26-2)17(11-12)14-6-4-13(5-7-14)15-8-9-16(21(24)25)20(23)19(15)22/h3-11H,1-2H3,(H2,24,25). The molecule has 26 heavy (non-hydrogen) atoms. The summed E-state index contributed by atoms with van der Waals surface area (Å²) in [5, 5.41) is 0. The van der Waals surface area contributed by atoms with Crippen LogP contribution in [0.15, 0.2) is 54.6 Å². The number of hydrogen-bond acceptors (Lipinski definition) is 2. The van der Waals surface area contributed by atoms with Crippen molar-refractivity contribution >= 4 is 5.91 Å². The van der Waals surface area contributed by atoms with Crippen LogP contribution in [0.5, 0.6) is 5.75 Å². The molecule has 2 N–H and O–H groups in total. The fraction of sp³-hybridized carbons (Fsp3) is 0.0952. The average molecular weight is 353 g/mol. The molecule has 0 saturated carbocycles. The number of rotatable bonds is 4. The van der Waals surface area contributed by atoms with E-state index in [1.54, 1.807) is 19.2 Å². The van der Waals surface area contributed by atoms with Gasteiger partial charge in [0.05, 0.1) is 12.7 Å². The van der Waals surface area contributed by atoms with Gasteiger partial charge in [-0.2, -0.15) is 0 Å². The predicted octanol–water partition coefficient (Wildman–Crippen LogP) is 4.71. The van der Waals surface area contributed by atoms with Crippen LogP contribution in [0.4, 0.5) is 8.78 Å². The predicted molar refractivity (Wildman–Crippen MR) is 97.0 cm³/mol. The topological polar surface area (TPSA) is 52.3 Å². The van der Waals surface area contributed by atoms with Crippen molar-refractivity contribution in [3.05, 3.63) is 77.4 Å². The van der Waals surface area contributed by atoms with Crippen molar-refractivity contribution in [1.82, 2.24) is 0 Å². The number of primary amides is 1. The fourth-order valence-electron chi connectivity index (χ4n) is 2.84. The van der Waals surface area contributed by atoms with Gasteiger partial charge >= 0.3 is 0 Å². The summed E-state index contributed by atoms with van der Waals surface area (Å²) >= 11 is 0. The molecule has 0 atom stereocenters. The number of halogens is 2. The maximum atomic E-state index is 14.3. The average Bonchev–Trinajstić information content (AvgIpc) is 2.64. The lowest BCUT2D eigenvalue weighted by Crippen LogP contribution is -2.14. The zero-order chi connectivity index (χ0) is 18.8. The molecule has 3 rings (SSSR count). The largest absolute Gasteiger partial charge is 0.496 e. The van der Waals surface area contributed by atoms with Crippen LogP contribution in [-0.2, 0) is 0 Å². The molecule has 0 aliphatic rings. The highest BCUT2D eigenvalue weighted by Gasteiger charge is 2.17. The molecule has 132 valence electrons. The molecule has 0 heterocycles. The van der Waals surface area contributed by atoms with E-state index in [2.05, 4.69) is 0 Å². The third kappa shape index (κ3) is 3.16. The summed E-state index contributed by atoms with van der Waals surface area (Å²) in [6, 6.07) is 15.4. The van der Waals surface area contributed by atoms with Crippen molar-refractivity contribution in [3.63, 3.8) is 0 Å². The molecule has 0 unspecified atom stereocenters. The highest BCUT2D eigenvalue weighted by Crippen LogP contribution is 2.33. The molecule has 1 amide bonds. The SMILES string of the molecule is COc1ccc(C)cc1-c1ccc(-c2ccc(C(N)=O)c(F)c2F)cc1. The number of aryl methyl sites for hydroxylation is 1. The van der Waals surface area contributed by atoms with E-state index in [1.807, 2.05) is 37.3 Å². The fourth-order valence-corrected chi connectivity index (χ4v) is 2.84. The maximum absolute atomic E-state index is 14.3. The molecule has 3 nitrogen and oxygen atoms in total. The van der Waals surface area contributed by atoms with Gasteiger partial charge in [0.15, 0.2) is 11.6 Å². The van der Waals surface area contributed by atoms with Crippen LogP contribution in [-0.4, -0.2) is 13.0 Å². The smallest absolute Gasteiger partial charge is 0.251 e. The Kier molecular flexibility index (Phi) is 4.71. The molecule has 3 aromatic rings. The zero-order valence-electron chi connectivity index (χ0n) is 14.3. The van der Waals surface area contributed by atoms with E-state index < -0.39 is 23.1 Å². The van der Waals surface area contributed by atoms with Crippen molar-refractivity contribution in [2.24, 2.45) is 5.73 Å². The van der Waals surface area contributed by atoms with Gasteiger partial charge in [-0.05, 0) is 36.2 Å². The number of methoxy groups -OCH3 is 1. The first kappa shape index (κ1) is 17.6. The van der Waals surface area contributed by atoms with Crippen molar-refractivity contribution in [2.45, 2.75) is 6.92 Å². The molecule has 0 spiro atoms. The second-order valence-electron chi connectivity index (χ2n) is 5.93. The minimum Gasteiger partial charge on any atom is -0.496 e. The summed E-state index contributed by atoms with van der Waals surface area (Å²) in [6.07, 6.45) is 0. The number of amides is 1. The number of benzene rings is 3. The summed E-state index contributed by atoms with van der Waals surface area (Å²) in [7, 11) is 1.60. The van der Waals surface area contributed by atoms with Crippen LogP contribution in [0.2, 0.25) is 0 Å². The quantitative estimate of drug-likeness (QED) is 0.738. The Labute approximate surface area is 150 Å². The molecule has 0 aromatic heterocycles. The van der Waals surface area contributed by atoms with E-state index >= 15 is 0 Å². The van der Waals surface area contributed by atoms with E-state index in [9.17, 15) is 13.6 Å². The Morgan fingerprint density at radius 3 is 2.08 bits per heavy atom. The van der Waals surface area contributed by atoms with Gasteiger partial charge in [-0.25, -0.2) is 8.78 Å². The normalized spacial score (nSPS) is 10.6. The molecular weight excluding hydrogens is 336 g/mol. The maximum Gasteiger partial charge on any atom is 0.251 e. The number of nitrogens with two attached hydrogens (primary N) is 1. The number of hydrogen-bond donors (Lipinski definition) is 1. The molecule has 0 aliphatic heterocycles. The van der Waals surface area contributed by atoms with E-state index in [-0.39, 0.29) is 5.56 Å². The molecular formula is C21H17F2NO2. The van der Waals surface area contributed by atoms with Gasteiger partial charge in [-0.3, -0.25) is 4.79 Å². The van der Waals surface area contributed by atoms with Gasteiger partial charge in [0.25, 0.3) is 5.91 Å². The van der Waals surface area contributed by atoms with Crippen LogP contribution < -0.4 is 10.5 Å². The zero-order valence-corrected chi connectivity index (χ0v) is 14.3. The van der Waals surface area contributed by atoms with Crippen molar-refractivity contribution in [1.29, 1.82) is 0 Å². The Bertz CT molecular complexity index is 982. The Hall–Kier alpha value is -3.21. The lowest BCUT2D eigenvalue weighted by molar-refractivity contribution is 0.0995. The van der Waals surface area contributed by atoms with Gasteiger partial charge in [-0.1, -0.05) is 42.0 Å². The van der Waals surface area contributed by atoms with Crippen LogP contribution in [0.3, 0.4) is 0 Å². The van der Waals surface area contributed by atoms with Crippen molar-refractivity contribution < 1.29 is 18.3 Å². The molecule has 0 aliphatic carbocycles. The monoisotopic (exact) mass is 353 g/mol. The highest BCUT2D eigenvalue weighted by molar-refractivity contribution is 5.93.